The Morgan fingerprint density at radius 1 is 0.947 bits per heavy atom. The van der Waals surface area contributed by atoms with Gasteiger partial charge in [0.25, 0.3) is 10.0 Å². The number of nitrogens with one attached hydrogen (secondary N) is 1. The van der Waals surface area contributed by atoms with Gasteiger partial charge >= 0.3 is 0 Å². The molecule has 0 bridgehead atoms. The molecule has 0 unspecified atom stereocenters. The summed E-state index contributed by atoms with van der Waals surface area (Å²) in [7, 11) is -4.23. The van der Waals surface area contributed by atoms with Gasteiger partial charge in [-0.05, 0) is 57.5 Å². The molecule has 3 rings (SSSR count). The van der Waals surface area contributed by atoms with Crippen LogP contribution in [0.4, 0.5) is 5.69 Å². The lowest BCUT2D eigenvalue weighted by atomic mass is 10.1. The third-order valence-corrected chi connectivity index (χ3v) is 8.62. The lowest BCUT2D eigenvalue weighted by Crippen LogP contribution is -2.51. The standard InChI is InChI=1S/C28H31Cl2N3O4S/c1-5-31-28(35)21(4)32(17-22-9-6-8-20(3)16-22)26(34)18-33(25-11-7-10-24(29)27(25)30)38(36,37)23-14-12-19(2)13-15-23/h6-16,21H,5,17-18H2,1-4H3,(H,31,35)/t21-/m1/s1. The first kappa shape index (κ1) is 29.5. The number of likely N-dealkylation sites (N-methyl/N-ethyl adjacent to an activating group) is 1. The Morgan fingerprint density at radius 3 is 2.24 bits per heavy atom. The van der Waals surface area contributed by atoms with Gasteiger partial charge in [0.15, 0.2) is 0 Å². The van der Waals surface area contributed by atoms with Crippen LogP contribution in [-0.4, -0.2) is 44.3 Å². The maximum atomic E-state index is 13.9. The predicted octanol–water partition coefficient (Wildman–Crippen LogP) is 5.36. The van der Waals surface area contributed by atoms with Crippen molar-refractivity contribution in [2.75, 3.05) is 17.4 Å². The number of halogens is 2. The molecule has 38 heavy (non-hydrogen) atoms. The summed E-state index contributed by atoms with van der Waals surface area (Å²) in [4.78, 5) is 28.0. The van der Waals surface area contributed by atoms with E-state index in [0.29, 0.717) is 6.54 Å². The van der Waals surface area contributed by atoms with E-state index in [4.69, 9.17) is 23.2 Å². The van der Waals surface area contributed by atoms with Crippen LogP contribution in [-0.2, 0) is 26.2 Å². The zero-order chi connectivity index (χ0) is 28.0. The number of carbonyl (C=O) groups excluding carboxylic acids is 2. The molecule has 1 N–H and O–H groups in total. The summed E-state index contributed by atoms with van der Waals surface area (Å²) < 4.78 is 28.6. The number of nitrogens with zero attached hydrogens (tertiary/aromatic N) is 2. The fourth-order valence-corrected chi connectivity index (χ4v) is 5.82. The Hall–Kier alpha value is -3.07. The molecule has 2 amide bonds. The van der Waals surface area contributed by atoms with Gasteiger partial charge in [-0.15, -0.1) is 0 Å². The van der Waals surface area contributed by atoms with E-state index >= 15 is 0 Å². The summed E-state index contributed by atoms with van der Waals surface area (Å²) in [5.41, 5.74) is 2.75. The van der Waals surface area contributed by atoms with Crippen LogP contribution in [0, 0.1) is 13.8 Å². The lowest BCUT2D eigenvalue weighted by molar-refractivity contribution is -0.139. The number of carbonyl (C=O) groups is 2. The molecule has 0 saturated heterocycles. The lowest BCUT2D eigenvalue weighted by Gasteiger charge is -2.32. The van der Waals surface area contributed by atoms with Crippen LogP contribution in [0.3, 0.4) is 0 Å². The van der Waals surface area contributed by atoms with Crippen molar-refractivity contribution in [3.05, 3.63) is 93.5 Å². The molecule has 10 heteroatoms. The van der Waals surface area contributed by atoms with E-state index < -0.39 is 28.5 Å². The van der Waals surface area contributed by atoms with Crippen LogP contribution < -0.4 is 9.62 Å². The Morgan fingerprint density at radius 2 is 1.61 bits per heavy atom. The normalized spacial score (nSPS) is 12.1. The van der Waals surface area contributed by atoms with Crippen LogP contribution in [0.25, 0.3) is 0 Å². The first-order valence-electron chi connectivity index (χ1n) is 12.1. The van der Waals surface area contributed by atoms with Gasteiger partial charge in [-0.3, -0.25) is 13.9 Å². The highest BCUT2D eigenvalue weighted by atomic mass is 35.5. The first-order chi connectivity index (χ1) is 17.9. The van der Waals surface area contributed by atoms with E-state index in [1.54, 1.807) is 32.0 Å². The molecule has 0 aliphatic carbocycles. The molecule has 202 valence electrons. The van der Waals surface area contributed by atoms with E-state index in [2.05, 4.69) is 5.32 Å². The average molecular weight is 577 g/mol. The van der Waals surface area contributed by atoms with E-state index in [-0.39, 0.29) is 33.1 Å². The van der Waals surface area contributed by atoms with Gasteiger partial charge in [0.05, 0.1) is 20.6 Å². The number of anilines is 1. The van der Waals surface area contributed by atoms with Crippen molar-refractivity contribution in [3.8, 4) is 0 Å². The maximum Gasteiger partial charge on any atom is 0.264 e. The summed E-state index contributed by atoms with van der Waals surface area (Å²) in [5, 5.41) is 2.88. The molecule has 0 aliphatic heterocycles. The molecule has 0 radical (unpaired) electrons. The van der Waals surface area contributed by atoms with Crippen molar-refractivity contribution in [3.63, 3.8) is 0 Å². The van der Waals surface area contributed by atoms with E-state index in [0.717, 1.165) is 21.0 Å². The van der Waals surface area contributed by atoms with Crippen molar-refractivity contribution >= 4 is 50.7 Å². The highest BCUT2D eigenvalue weighted by Crippen LogP contribution is 2.35. The Labute approximate surface area is 234 Å². The summed E-state index contributed by atoms with van der Waals surface area (Å²) in [6.07, 6.45) is 0. The van der Waals surface area contributed by atoms with Gasteiger partial charge in [-0.1, -0.05) is 76.8 Å². The van der Waals surface area contributed by atoms with E-state index in [1.165, 1.54) is 29.2 Å². The molecule has 3 aromatic carbocycles. The molecular weight excluding hydrogens is 545 g/mol. The molecule has 0 saturated carbocycles. The van der Waals surface area contributed by atoms with Crippen LogP contribution in [0.2, 0.25) is 10.0 Å². The molecule has 0 heterocycles. The minimum atomic E-state index is -4.23. The number of amides is 2. The van der Waals surface area contributed by atoms with Gasteiger partial charge in [0.2, 0.25) is 11.8 Å². The topological polar surface area (TPSA) is 86.8 Å². The second-order valence-corrected chi connectivity index (χ2v) is 11.6. The third-order valence-electron chi connectivity index (χ3n) is 6.04. The number of rotatable bonds is 10. The number of benzene rings is 3. The predicted molar refractivity (Wildman–Crippen MR) is 152 cm³/mol. The molecule has 0 spiro atoms. The summed E-state index contributed by atoms with van der Waals surface area (Å²) >= 11 is 12.7. The van der Waals surface area contributed by atoms with E-state index in [1.807, 2.05) is 38.1 Å². The molecule has 0 aromatic heterocycles. The van der Waals surface area contributed by atoms with Gasteiger partial charge in [-0.2, -0.15) is 0 Å². The number of hydrogen-bond acceptors (Lipinski definition) is 4. The van der Waals surface area contributed by atoms with Crippen molar-refractivity contribution < 1.29 is 18.0 Å². The quantitative estimate of drug-likeness (QED) is 0.352. The maximum absolute atomic E-state index is 13.9. The van der Waals surface area contributed by atoms with Gasteiger partial charge in [0, 0.05) is 13.1 Å². The Balaban J connectivity index is 2.08. The van der Waals surface area contributed by atoms with Crippen molar-refractivity contribution in [1.82, 2.24) is 10.2 Å². The third kappa shape index (κ3) is 6.87. The number of hydrogen-bond donors (Lipinski definition) is 1. The zero-order valence-electron chi connectivity index (χ0n) is 21.7. The van der Waals surface area contributed by atoms with Gasteiger partial charge in [-0.25, -0.2) is 8.42 Å². The van der Waals surface area contributed by atoms with Crippen molar-refractivity contribution in [2.24, 2.45) is 0 Å². The van der Waals surface area contributed by atoms with Crippen LogP contribution in [0.1, 0.15) is 30.5 Å². The fourth-order valence-electron chi connectivity index (χ4n) is 3.95. The number of aryl methyl sites for hydroxylation is 2. The van der Waals surface area contributed by atoms with Crippen LogP contribution in [0.15, 0.2) is 71.6 Å². The van der Waals surface area contributed by atoms with Crippen LogP contribution >= 0.6 is 23.2 Å². The minimum absolute atomic E-state index is 0.000313. The van der Waals surface area contributed by atoms with Gasteiger partial charge < -0.3 is 10.2 Å². The molecule has 0 fully saturated rings. The van der Waals surface area contributed by atoms with Gasteiger partial charge in [0.1, 0.15) is 12.6 Å². The SMILES string of the molecule is CCNC(=O)[C@@H](C)N(Cc1cccc(C)c1)C(=O)CN(c1cccc(Cl)c1Cl)S(=O)(=O)c1ccc(C)cc1. The summed E-state index contributed by atoms with van der Waals surface area (Å²) in [6, 6.07) is 17.6. The molecular formula is C28H31Cl2N3O4S. The first-order valence-corrected chi connectivity index (χ1v) is 14.3. The fraction of sp³-hybridized carbons (Fsp3) is 0.286. The highest BCUT2D eigenvalue weighted by molar-refractivity contribution is 7.92. The second-order valence-electron chi connectivity index (χ2n) is 8.98. The molecule has 7 nitrogen and oxygen atoms in total. The number of sulfonamides is 1. The monoisotopic (exact) mass is 575 g/mol. The van der Waals surface area contributed by atoms with E-state index in [9.17, 15) is 18.0 Å². The summed E-state index contributed by atoms with van der Waals surface area (Å²) in [6.45, 7) is 7.09. The van der Waals surface area contributed by atoms with Crippen LogP contribution in [0.5, 0.6) is 0 Å². The smallest absolute Gasteiger partial charge is 0.264 e. The Kier molecular flexibility index (Phi) is 9.82. The molecule has 3 aromatic rings. The van der Waals surface area contributed by atoms with Crippen molar-refractivity contribution in [1.29, 1.82) is 0 Å². The summed E-state index contributed by atoms with van der Waals surface area (Å²) in [5.74, 6) is -0.917. The zero-order valence-corrected chi connectivity index (χ0v) is 24.1. The largest absolute Gasteiger partial charge is 0.355 e. The molecule has 1 atom stereocenters. The van der Waals surface area contributed by atoms with Crippen molar-refractivity contribution in [2.45, 2.75) is 45.2 Å². The minimum Gasteiger partial charge on any atom is -0.355 e. The average Bonchev–Trinajstić information content (AvgIpc) is 2.87. The highest BCUT2D eigenvalue weighted by Gasteiger charge is 2.33. The second kappa shape index (κ2) is 12.7. The Bertz CT molecular complexity index is 1410. The molecule has 0 aliphatic rings.